The van der Waals surface area contributed by atoms with Crippen molar-refractivity contribution in [2.24, 2.45) is 5.73 Å². The van der Waals surface area contributed by atoms with Crippen LogP contribution in [0.3, 0.4) is 0 Å². The highest BCUT2D eigenvalue weighted by Crippen LogP contribution is 2.37. The number of methoxy groups -OCH3 is 2. The highest BCUT2D eigenvalue weighted by atomic mass is 16.5. The molecular formula is C12H17NO4. The van der Waals surface area contributed by atoms with Crippen LogP contribution in [0.5, 0.6) is 11.5 Å². The Balaban J connectivity index is 3.42. The van der Waals surface area contributed by atoms with Gasteiger partial charge in [-0.15, -0.1) is 0 Å². The Hall–Kier alpha value is -1.75. The largest absolute Gasteiger partial charge is 0.493 e. The lowest BCUT2D eigenvalue weighted by atomic mass is 9.93. The number of hydrogen-bond acceptors (Lipinski definition) is 4. The maximum atomic E-state index is 11.2. The van der Waals surface area contributed by atoms with Crippen molar-refractivity contribution in [3.05, 3.63) is 23.3 Å². The van der Waals surface area contributed by atoms with E-state index < -0.39 is 11.9 Å². The minimum Gasteiger partial charge on any atom is -0.493 e. The molecule has 5 heteroatoms. The highest BCUT2D eigenvalue weighted by molar-refractivity contribution is 5.79. The Morgan fingerprint density at radius 1 is 1.41 bits per heavy atom. The van der Waals surface area contributed by atoms with Crippen LogP contribution in [0.4, 0.5) is 0 Å². The van der Waals surface area contributed by atoms with Crippen molar-refractivity contribution < 1.29 is 19.4 Å². The molecule has 17 heavy (non-hydrogen) atoms. The molecule has 5 nitrogen and oxygen atoms in total. The molecule has 1 atom stereocenters. The summed E-state index contributed by atoms with van der Waals surface area (Å²) < 4.78 is 10.4. The number of carboxylic acid groups (broad SMARTS) is 1. The van der Waals surface area contributed by atoms with Crippen LogP contribution >= 0.6 is 0 Å². The third-order valence-electron chi connectivity index (χ3n) is 2.68. The Labute approximate surface area is 100 Å². The van der Waals surface area contributed by atoms with E-state index in [1.165, 1.54) is 14.2 Å². The van der Waals surface area contributed by atoms with Crippen molar-refractivity contribution >= 4 is 5.97 Å². The molecule has 1 aromatic carbocycles. The van der Waals surface area contributed by atoms with E-state index in [0.717, 1.165) is 5.56 Å². The topological polar surface area (TPSA) is 81.8 Å². The Bertz CT molecular complexity index is 417. The van der Waals surface area contributed by atoms with E-state index in [1.54, 1.807) is 12.1 Å². The third kappa shape index (κ3) is 2.50. The number of carbonyl (C=O) groups is 1. The molecule has 0 aromatic heterocycles. The van der Waals surface area contributed by atoms with Crippen molar-refractivity contribution in [1.29, 1.82) is 0 Å². The van der Waals surface area contributed by atoms with Crippen molar-refractivity contribution in [3.63, 3.8) is 0 Å². The number of benzene rings is 1. The molecule has 1 unspecified atom stereocenters. The molecule has 0 fully saturated rings. The van der Waals surface area contributed by atoms with Crippen molar-refractivity contribution in [2.45, 2.75) is 12.8 Å². The quantitative estimate of drug-likeness (QED) is 0.805. The molecule has 0 saturated heterocycles. The predicted octanol–water partition coefficient (Wildman–Crippen LogP) is 1.14. The maximum absolute atomic E-state index is 11.2. The van der Waals surface area contributed by atoms with Gasteiger partial charge in [-0.05, 0) is 18.6 Å². The lowest BCUT2D eigenvalue weighted by Gasteiger charge is -2.19. The van der Waals surface area contributed by atoms with Gasteiger partial charge in [0.15, 0.2) is 11.5 Å². The molecule has 0 aliphatic rings. The molecule has 0 bridgehead atoms. The fourth-order valence-electron chi connectivity index (χ4n) is 1.82. The first kappa shape index (κ1) is 13.3. The molecule has 0 amide bonds. The van der Waals surface area contributed by atoms with E-state index in [9.17, 15) is 4.79 Å². The summed E-state index contributed by atoms with van der Waals surface area (Å²) >= 11 is 0. The number of hydrogen-bond donors (Lipinski definition) is 2. The Morgan fingerprint density at radius 2 is 2.06 bits per heavy atom. The van der Waals surface area contributed by atoms with Crippen LogP contribution in [0, 0.1) is 6.92 Å². The summed E-state index contributed by atoms with van der Waals surface area (Å²) in [5.74, 6) is -0.819. The van der Waals surface area contributed by atoms with Crippen LogP contribution in [-0.4, -0.2) is 31.8 Å². The van der Waals surface area contributed by atoms with Gasteiger partial charge in [0.25, 0.3) is 0 Å². The first-order valence-corrected chi connectivity index (χ1v) is 5.21. The van der Waals surface area contributed by atoms with E-state index in [-0.39, 0.29) is 6.54 Å². The first-order valence-electron chi connectivity index (χ1n) is 5.21. The van der Waals surface area contributed by atoms with Gasteiger partial charge >= 0.3 is 5.97 Å². The molecule has 0 saturated carbocycles. The molecule has 0 aliphatic carbocycles. The van der Waals surface area contributed by atoms with Gasteiger partial charge in [0, 0.05) is 12.1 Å². The number of carboxylic acids is 1. The second kappa shape index (κ2) is 5.54. The maximum Gasteiger partial charge on any atom is 0.312 e. The van der Waals surface area contributed by atoms with Gasteiger partial charge in [0.1, 0.15) is 0 Å². The van der Waals surface area contributed by atoms with Crippen LogP contribution in [0.25, 0.3) is 0 Å². The van der Waals surface area contributed by atoms with E-state index in [1.807, 2.05) is 6.92 Å². The zero-order chi connectivity index (χ0) is 13.0. The van der Waals surface area contributed by atoms with Gasteiger partial charge in [-0.2, -0.15) is 0 Å². The summed E-state index contributed by atoms with van der Waals surface area (Å²) in [4.78, 5) is 11.2. The molecule has 0 aliphatic heterocycles. The number of aryl methyl sites for hydroxylation is 1. The number of nitrogens with two attached hydrogens (primary N) is 1. The van der Waals surface area contributed by atoms with E-state index in [4.69, 9.17) is 20.3 Å². The monoisotopic (exact) mass is 239 g/mol. The van der Waals surface area contributed by atoms with E-state index in [2.05, 4.69) is 0 Å². The fraction of sp³-hybridized carbons (Fsp3) is 0.417. The number of aliphatic carboxylic acids is 1. The Kier molecular flexibility index (Phi) is 4.34. The van der Waals surface area contributed by atoms with Crippen LogP contribution in [0.15, 0.2) is 12.1 Å². The predicted molar refractivity (Wildman–Crippen MR) is 63.7 cm³/mol. The van der Waals surface area contributed by atoms with Gasteiger partial charge in [0.05, 0.1) is 20.1 Å². The van der Waals surface area contributed by atoms with Crippen LogP contribution in [-0.2, 0) is 4.79 Å². The smallest absolute Gasteiger partial charge is 0.312 e. The molecule has 0 heterocycles. The fourth-order valence-corrected chi connectivity index (χ4v) is 1.82. The molecule has 0 spiro atoms. The molecule has 1 rings (SSSR count). The standard InChI is InChI=1S/C12H17NO4/c1-7-4-5-9(16-2)11(17-3)10(7)8(6-13)12(14)15/h4-5,8H,6,13H2,1-3H3,(H,14,15). The second-order valence-corrected chi connectivity index (χ2v) is 3.66. The van der Waals surface area contributed by atoms with Gasteiger partial charge in [-0.3, -0.25) is 4.79 Å². The minimum atomic E-state index is -0.970. The first-order chi connectivity index (χ1) is 8.06. The highest BCUT2D eigenvalue weighted by Gasteiger charge is 2.26. The number of rotatable bonds is 5. The Morgan fingerprint density at radius 3 is 2.47 bits per heavy atom. The zero-order valence-electron chi connectivity index (χ0n) is 10.2. The summed E-state index contributed by atoms with van der Waals surface area (Å²) in [6.07, 6.45) is 0. The molecular weight excluding hydrogens is 222 g/mol. The van der Waals surface area contributed by atoms with Crippen LogP contribution < -0.4 is 15.2 Å². The van der Waals surface area contributed by atoms with Gasteiger partial charge in [0.2, 0.25) is 0 Å². The molecule has 0 radical (unpaired) electrons. The van der Waals surface area contributed by atoms with E-state index in [0.29, 0.717) is 17.1 Å². The van der Waals surface area contributed by atoms with Crippen molar-refractivity contribution in [2.75, 3.05) is 20.8 Å². The average Bonchev–Trinajstić information content (AvgIpc) is 2.31. The lowest BCUT2D eigenvalue weighted by Crippen LogP contribution is -2.22. The molecule has 1 aromatic rings. The summed E-state index contributed by atoms with van der Waals surface area (Å²) in [5.41, 5.74) is 6.90. The SMILES string of the molecule is COc1ccc(C)c(C(CN)C(=O)O)c1OC. The van der Waals surface area contributed by atoms with Gasteiger partial charge in [-0.25, -0.2) is 0 Å². The van der Waals surface area contributed by atoms with Crippen LogP contribution in [0.1, 0.15) is 17.0 Å². The summed E-state index contributed by atoms with van der Waals surface area (Å²) in [6, 6.07) is 3.54. The summed E-state index contributed by atoms with van der Waals surface area (Å²) in [6.45, 7) is 1.84. The van der Waals surface area contributed by atoms with Gasteiger partial charge < -0.3 is 20.3 Å². The third-order valence-corrected chi connectivity index (χ3v) is 2.68. The van der Waals surface area contributed by atoms with E-state index >= 15 is 0 Å². The van der Waals surface area contributed by atoms with Crippen molar-refractivity contribution in [3.8, 4) is 11.5 Å². The minimum absolute atomic E-state index is 0.0136. The zero-order valence-corrected chi connectivity index (χ0v) is 10.2. The number of ether oxygens (including phenoxy) is 2. The second-order valence-electron chi connectivity index (χ2n) is 3.66. The average molecular weight is 239 g/mol. The normalized spacial score (nSPS) is 12.0. The van der Waals surface area contributed by atoms with Crippen molar-refractivity contribution in [1.82, 2.24) is 0 Å². The molecule has 94 valence electrons. The summed E-state index contributed by atoms with van der Waals surface area (Å²) in [7, 11) is 2.99. The van der Waals surface area contributed by atoms with Gasteiger partial charge in [-0.1, -0.05) is 6.07 Å². The molecule has 3 N–H and O–H groups in total. The lowest BCUT2D eigenvalue weighted by molar-refractivity contribution is -0.138. The van der Waals surface area contributed by atoms with Crippen LogP contribution in [0.2, 0.25) is 0 Å². The summed E-state index contributed by atoms with van der Waals surface area (Å²) in [5, 5.41) is 9.16.